The summed E-state index contributed by atoms with van der Waals surface area (Å²) in [4.78, 5) is 2.36. The van der Waals surface area contributed by atoms with Crippen molar-refractivity contribution in [3.8, 4) is 0 Å². The second kappa shape index (κ2) is 6.42. The molecule has 0 heterocycles. The summed E-state index contributed by atoms with van der Waals surface area (Å²) in [6.07, 6.45) is 1.98. The quantitative estimate of drug-likeness (QED) is 0.875. The van der Waals surface area contributed by atoms with Crippen LogP contribution in [0, 0.1) is 12.3 Å². The van der Waals surface area contributed by atoms with Gasteiger partial charge in [-0.3, -0.25) is 0 Å². The second-order valence-corrected chi connectivity index (χ2v) is 6.92. The van der Waals surface area contributed by atoms with Crippen molar-refractivity contribution in [2.75, 3.05) is 18.5 Å². The van der Waals surface area contributed by atoms with Gasteiger partial charge in [0.05, 0.1) is 0 Å². The van der Waals surface area contributed by atoms with E-state index in [4.69, 9.17) is 5.73 Å². The van der Waals surface area contributed by atoms with Gasteiger partial charge in [0.15, 0.2) is 0 Å². The molecule has 2 heteroatoms. The summed E-state index contributed by atoms with van der Waals surface area (Å²) in [5.41, 5.74) is 10.4. The number of rotatable bonds is 5. The summed E-state index contributed by atoms with van der Waals surface area (Å²) in [5.74, 6) is 0. The molecule has 108 valence electrons. The summed E-state index contributed by atoms with van der Waals surface area (Å²) in [5, 5.41) is 0. The molecule has 1 atom stereocenters. The minimum atomic E-state index is 0.253. The van der Waals surface area contributed by atoms with Gasteiger partial charge in [0, 0.05) is 25.3 Å². The van der Waals surface area contributed by atoms with Crippen LogP contribution in [0.1, 0.15) is 45.2 Å². The van der Waals surface area contributed by atoms with Crippen molar-refractivity contribution < 1.29 is 0 Å². The Kier molecular flexibility index (Phi) is 5.42. The van der Waals surface area contributed by atoms with E-state index < -0.39 is 0 Å². The Morgan fingerprint density at radius 3 is 2.42 bits per heavy atom. The number of hydrogen-bond donors (Lipinski definition) is 1. The zero-order valence-corrected chi connectivity index (χ0v) is 13.5. The number of hydrogen-bond acceptors (Lipinski definition) is 2. The highest BCUT2D eigenvalue weighted by atomic mass is 15.1. The molecule has 0 aliphatic heterocycles. The molecule has 0 radical (unpaired) electrons. The Bertz CT molecular complexity index is 404. The first-order valence-corrected chi connectivity index (χ1v) is 7.29. The van der Waals surface area contributed by atoms with Crippen LogP contribution in [-0.2, 0) is 6.42 Å². The smallest absolute Gasteiger partial charge is 0.0397 e. The highest BCUT2D eigenvalue weighted by Gasteiger charge is 2.17. The van der Waals surface area contributed by atoms with E-state index >= 15 is 0 Å². The van der Waals surface area contributed by atoms with Crippen molar-refractivity contribution in [1.29, 1.82) is 0 Å². The SMILES string of the molecule is CCC(N)Cc1cc(C)ccc1N(C)CC(C)(C)C. The predicted octanol–water partition coefficient (Wildman–Crippen LogP) is 3.76. The van der Waals surface area contributed by atoms with Crippen molar-refractivity contribution in [3.63, 3.8) is 0 Å². The molecular weight excluding hydrogens is 232 g/mol. The number of benzene rings is 1. The normalized spacial score (nSPS) is 13.4. The first-order chi connectivity index (χ1) is 8.73. The fourth-order valence-electron chi connectivity index (χ4n) is 2.47. The van der Waals surface area contributed by atoms with Crippen LogP contribution in [0.3, 0.4) is 0 Å². The lowest BCUT2D eigenvalue weighted by Gasteiger charge is -2.30. The second-order valence-electron chi connectivity index (χ2n) is 6.92. The Labute approximate surface area is 119 Å². The lowest BCUT2D eigenvalue weighted by molar-refractivity contribution is 0.418. The van der Waals surface area contributed by atoms with Crippen LogP contribution >= 0.6 is 0 Å². The van der Waals surface area contributed by atoms with Gasteiger partial charge in [0.25, 0.3) is 0 Å². The van der Waals surface area contributed by atoms with E-state index in [1.54, 1.807) is 0 Å². The molecular formula is C17H30N2. The molecule has 0 aliphatic carbocycles. The van der Waals surface area contributed by atoms with Crippen LogP contribution in [-0.4, -0.2) is 19.6 Å². The van der Waals surface area contributed by atoms with E-state index in [0.29, 0.717) is 5.41 Å². The number of anilines is 1. The van der Waals surface area contributed by atoms with E-state index in [0.717, 1.165) is 19.4 Å². The van der Waals surface area contributed by atoms with E-state index in [2.05, 4.69) is 64.8 Å². The summed E-state index contributed by atoms with van der Waals surface area (Å²) < 4.78 is 0. The van der Waals surface area contributed by atoms with Crippen molar-refractivity contribution in [3.05, 3.63) is 29.3 Å². The van der Waals surface area contributed by atoms with Gasteiger partial charge in [-0.1, -0.05) is 45.4 Å². The first kappa shape index (κ1) is 16.0. The van der Waals surface area contributed by atoms with E-state index in [9.17, 15) is 0 Å². The van der Waals surface area contributed by atoms with Gasteiger partial charge in [0.1, 0.15) is 0 Å². The van der Waals surface area contributed by atoms with Crippen molar-refractivity contribution in [2.45, 2.75) is 53.5 Å². The molecule has 0 spiro atoms. The third-order valence-electron chi connectivity index (χ3n) is 3.36. The maximum absolute atomic E-state index is 6.13. The molecule has 1 unspecified atom stereocenters. The van der Waals surface area contributed by atoms with E-state index in [1.165, 1.54) is 16.8 Å². The average Bonchev–Trinajstić information content (AvgIpc) is 2.26. The van der Waals surface area contributed by atoms with Gasteiger partial charge in [-0.05, 0) is 36.8 Å². The maximum Gasteiger partial charge on any atom is 0.0397 e. The molecule has 1 aromatic carbocycles. The minimum Gasteiger partial charge on any atom is -0.374 e. The molecule has 1 rings (SSSR count). The Balaban J connectivity index is 2.98. The van der Waals surface area contributed by atoms with Gasteiger partial charge in [-0.25, -0.2) is 0 Å². The Morgan fingerprint density at radius 1 is 1.26 bits per heavy atom. The summed E-state index contributed by atoms with van der Waals surface area (Å²) >= 11 is 0. The summed E-state index contributed by atoms with van der Waals surface area (Å²) in [6.45, 7) is 12.2. The topological polar surface area (TPSA) is 29.3 Å². The van der Waals surface area contributed by atoms with Gasteiger partial charge in [-0.15, -0.1) is 0 Å². The molecule has 0 amide bonds. The van der Waals surface area contributed by atoms with E-state index in [-0.39, 0.29) is 6.04 Å². The molecule has 2 nitrogen and oxygen atoms in total. The monoisotopic (exact) mass is 262 g/mol. The molecule has 0 aliphatic rings. The van der Waals surface area contributed by atoms with Gasteiger partial charge >= 0.3 is 0 Å². The highest BCUT2D eigenvalue weighted by Crippen LogP contribution is 2.26. The Hall–Kier alpha value is -1.02. The molecule has 1 aromatic rings. The zero-order chi connectivity index (χ0) is 14.6. The van der Waals surface area contributed by atoms with Crippen molar-refractivity contribution >= 4 is 5.69 Å². The van der Waals surface area contributed by atoms with Crippen LogP contribution in [0.2, 0.25) is 0 Å². The number of aryl methyl sites for hydroxylation is 1. The van der Waals surface area contributed by atoms with Gasteiger partial charge < -0.3 is 10.6 Å². The largest absolute Gasteiger partial charge is 0.374 e. The molecule has 0 saturated heterocycles. The van der Waals surface area contributed by atoms with Crippen LogP contribution in [0.15, 0.2) is 18.2 Å². The molecule has 0 saturated carbocycles. The zero-order valence-electron chi connectivity index (χ0n) is 13.5. The predicted molar refractivity (Wildman–Crippen MR) is 85.9 cm³/mol. The number of nitrogens with two attached hydrogens (primary N) is 1. The van der Waals surface area contributed by atoms with Gasteiger partial charge in [0.2, 0.25) is 0 Å². The molecule has 0 aromatic heterocycles. The summed E-state index contributed by atoms with van der Waals surface area (Å²) in [6, 6.07) is 6.96. The third-order valence-corrected chi connectivity index (χ3v) is 3.36. The average molecular weight is 262 g/mol. The lowest BCUT2D eigenvalue weighted by Crippen LogP contribution is -2.30. The fourth-order valence-corrected chi connectivity index (χ4v) is 2.47. The van der Waals surface area contributed by atoms with Gasteiger partial charge in [-0.2, -0.15) is 0 Å². The van der Waals surface area contributed by atoms with Crippen LogP contribution < -0.4 is 10.6 Å². The highest BCUT2D eigenvalue weighted by molar-refractivity contribution is 5.55. The van der Waals surface area contributed by atoms with Crippen molar-refractivity contribution in [2.24, 2.45) is 11.1 Å². The molecule has 2 N–H and O–H groups in total. The van der Waals surface area contributed by atoms with Crippen molar-refractivity contribution in [1.82, 2.24) is 0 Å². The molecule has 0 fully saturated rings. The summed E-state index contributed by atoms with van der Waals surface area (Å²) in [7, 11) is 2.18. The Morgan fingerprint density at radius 2 is 1.89 bits per heavy atom. The minimum absolute atomic E-state index is 0.253. The molecule has 19 heavy (non-hydrogen) atoms. The maximum atomic E-state index is 6.13. The lowest BCUT2D eigenvalue weighted by atomic mass is 9.94. The molecule has 0 bridgehead atoms. The first-order valence-electron chi connectivity index (χ1n) is 7.29. The third kappa shape index (κ3) is 5.23. The number of nitrogens with zero attached hydrogens (tertiary/aromatic N) is 1. The van der Waals surface area contributed by atoms with E-state index in [1.807, 2.05) is 0 Å². The fraction of sp³-hybridized carbons (Fsp3) is 0.647. The van der Waals surface area contributed by atoms with Crippen LogP contribution in [0.25, 0.3) is 0 Å². The van der Waals surface area contributed by atoms with Crippen LogP contribution in [0.4, 0.5) is 5.69 Å². The van der Waals surface area contributed by atoms with Crippen LogP contribution in [0.5, 0.6) is 0 Å². The standard InChI is InChI=1S/C17H30N2/c1-7-15(18)11-14-10-13(2)8-9-16(14)19(6)12-17(3,4)5/h8-10,15H,7,11-12,18H2,1-6H3.